The highest BCUT2D eigenvalue weighted by Crippen LogP contribution is 2.27. The van der Waals surface area contributed by atoms with Gasteiger partial charge in [-0.3, -0.25) is 4.68 Å². The first-order valence-electron chi connectivity index (χ1n) is 7.57. The molecule has 0 unspecified atom stereocenters. The number of hydrogen-bond donors (Lipinski definition) is 0. The van der Waals surface area contributed by atoms with Crippen LogP contribution < -0.4 is 0 Å². The Bertz CT molecular complexity index is 777. The summed E-state index contributed by atoms with van der Waals surface area (Å²) >= 11 is 1.63. The van der Waals surface area contributed by atoms with Gasteiger partial charge in [0.15, 0.2) is 5.69 Å². The Kier molecular flexibility index (Phi) is 3.29. The summed E-state index contributed by atoms with van der Waals surface area (Å²) in [5.41, 5.74) is 2.78. The monoisotopic (exact) mass is 315 g/mol. The number of thiazole rings is 1. The fourth-order valence-corrected chi connectivity index (χ4v) is 3.42. The van der Waals surface area contributed by atoms with Crippen molar-refractivity contribution in [2.75, 3.05) is 0 Å². The molecule has 0 aliphatic carbocycles. The van der Waals surface area contributed by atoms with Gasteiger partial charge in [0.05, 0.1) is 5.01 Å². The first-order chi connectivity index (χ1) is 10.7. The van der Waals surface area contributed by atoms with Gasteiger partial charge in [0.25, 0.3) is 5.89 Å². The van der Waals surface area contributed by atoms with Crippen LogP contribution in [0.1, 0.15) is 43.3 Å². The van der Waals surface area contributed by atoms with Crippen LogP contribution in [0.3, 0.4) is 0 Å². The number of aromatic nitrogens is 5. The molecule has 0 aromatic carbocycles. The van der Waals surface area contributed by atoms with E-state index < -0.39 is 0 Å². The quantitative estimate of drug-likeness (QED) is 0.739. The van der Waals surface area contributed by atoms with E-state index >= 15 is 0 Å². The zero-order chi connectivity index (χ0) is 15.1. The molecule has 7 heteroatoms. The number of rotatable bonds is 3. The number of fused-ring (bicyclic) bond motifs is 1. The molecule has 1 aliphatic rings. The third kappa shape index (κ3) is 2.35. The van der Waals surface area contributed by atoms with Crippen molar-refractivity contribution in [3.63, 3.8) is 0 Å². The van der Waals surface area contributed by atoms with E-state index in [2.05, 4.69) is 40.1 Å². The Balaban J connectivity index is 1.64. The van der Waals surface area contributed by atoms with Gasteiger partial charge in [-0.05, 0) is 25.3 Å². The van der Waals surface area contributed by atoms with Crippen molar-refractivity contribution < 1.29 is 4.52 Å². The number of nitrogens with zero attached hydrogens (tertiary/aromatic N) is 5. The highest BCUT2D eigenvalue weighted by atomic mass is 32.1. The van der Waals surface area contributed by atoms with Crippen LogP contribution in [-0.2, 0) is 13.0 Å². The molecular formula is C15H17N5OS. The molecule has 0 N–H and O–H groups in total. The summed E-state index contributed by atoms with van der Waals surface area (Å²) in [6.45, 7) is 5.22. The van der Waals surface area contributed by atoms with Gasteiger partial charge in [0.2, 0.25) is 5.82 Å². The first kappa shape index (κ1) is 13.6. The molecule has 0 saturated carbocycles. The molecule has 0 radical (unpaired) electrons. The summed E-state index contributed by atoms with van der Waals surface area (Å²) in [6, 6.07) is 2.05. The second kappa shape index (κ2) is 5.31. The standard InChI is InChI=1S/C15H17N5OS/c1-9(2)15-16-12(8-22-15)13-17-14(21-19-13)11-7-10-5-3-4-6-20(10)18-11/h7-9H,3-6H2,1-2H3. The maximum Gasteiger partial charge on any atom is 0.278 e. The van der Waals surface area contributed by atoms with Crippen molar-refractivity contribution in [1.82, 2.24) is 24.9 Å². The molecule has 4 rings (SSSR count). The second-order valence-corrected chi connectivity index (χ2v) is 6.74. The van der Waals surface area contributed by atoms with Crippen LogP contribution in [0.4, 0.5) is 0 Å². The Morgan fingerprint density at radius 3 is 2.91 bits per heavy atom. The minimum Gasteiger partial charge on any atom is -0.332 e. The third-order valence-electron chi connectivity index (χ3n) is 3.81. The van der Waals surface area contributed by atoms with Crippen LogP contribution in [0.15, 0.2) is 16.0 Å². The fourth-order valence-electron chi connectivity index (χ4n) is 2.61. The Labute approximate surface area is 132 Å². The van der Waals surface area contributed by atoms with Crippen LogP contribution in [0, 0.1) is 0 Å². The zero-order valence-corrected chi connectivity index (χ0v) is 13.4. The van der Waals surface area contributed by atoms with E-state index in [1.165, 1.54) is 18.5 Å². The van der Waals surface area contributed by atoms with Gasteiger partial charge in [-0.1, -0.05) is 19.0 Å². The Hall–Kier alpha value is -2.02. The average molecular weight is 315 g/mol. The van der Waals surface area contributed by atoms with Gasteiger partial charge in [-0.2, -0.15) is 10.1 Å². The lowest BCUT2D eigenvalue weighted by Gasteiger charge is -2.11. The Morgan fingerprint density at radius 2 is 2.14 bits per heavy atom. The fraction of sp³-hybridized carbons (Fsp3) is 0.467. The van der Waals surface area contributed by atoms with Gasteiger partial charge in [-0.25, -0.2) is 4.98 Å². The normalized spacial score (nSPS) is 14.5. The molecular weight excluding hydrogens is 298 g/mol. The van der Waals surface area contributed by atoms with E-state index in [4.69, 9.17) is 4.52 Å². The van der Waals surface area contributed by atoms with Gasteiger partial charge in [0.1, 0.15) is 5.69 Å². The lowest BCUT2D eigenvalue weighted by atomic mass is 10.1. The number of aryl methyl sites for hydroxylation is 2. The Morgan fingerprint density at radius 1 is 1.23 bits per heavy atom. The lowest BCUT2D eigenvalue weighted by molar-refractivity contribution is 0.428. The van der Waals surface area contributed by atoms with Crippen molar-refractivity contribution in [3.05, 3.63) is 22.1 Å². The average Bonchev–Trinajstić information content (AvgIpc) is 3.24. The largest absolute Gasteiger partial charge is 0.332 e. The highest BCUT2D eigenvalue weighted by molar-refractivity contribution is 7.10. The molecule has 3 aromatic rings. The van der Waals surface area contributed by atoms with Crippen molar-refractivity contribution in [3.8, 4) is 23.1 Å². The van der Waals surface area contributed by atoms with E-state index in [1.807, 2.05) is 10.1 Å². The number of hydrogen-bond acceptors (Lipinski definition) is 6. The minimum atomic E-state index is 0.407. The third-order valence-corrected chi connectivity index (χ3v) is 4.95. The second-order valence-electron chi connectivity index (χ2n) is 5.85. The van der Waals surface area contributed by atoms with Crippen LogP contribution in [0.2, 0.25) is 0 Å². The summed E-state index contributed by atoms with van der Waals surface area (Å²) in [4.78, 5) is 9.02. The summed E-state index contributed by atoms with van der Waals surface area (Å²) < 4.78 is 7.42. The van der Waals surface area contributed by atoms with E-state index in [1.54, 1.807) is 11.3 Å². The van der Waals surface area contributed by atoms with E-state index in [-0.39, 0.29) is 0 Å². The van der Waals surface area contributed by atoms with E-state index in [0.717, 1.165) is 29.4 Å². The molecule has 4 heterocycles. The van der Waals surface area contributed by atoms with Crippen LogP contribution >= 0.6 is 11.3 Å². The summed E-state index contributed by atoms with van der Waals surface area (Å²) in [6.07, 6.45) is 3.47. The maximum atomic E-state index is 5.38. The lowest BCUT2D eigenvalue weighted by Crippen LogP contribution is -2.10. The minimum absolute atomic E-state index is 0.407. The van der Waals surface area contributed by atoms with E-state index in [9.17, 15) is 0 Å². The van der Waals surface area contributed by atoms with Crippen LogP contribution in [0.5, 0.6) is 0 Å². The topological polar surface area (TPSA) is 69.6 Å². The highest BCUT2D eigenvalue weighted by Gasteiger charge is 2.19. The van der Waals surface area contributed by atoms with Crippen molar-refractivity contribution in [1.29, 1.82) is 0 Å². The predicted octanol–water partition coefficient (Wildman–Crippen LogP) is 3.52. The summed E-state index contributed by atoms with van der Waals surface area (Å²) in [7, 11) is 0. The molecule has 1 aliphatic heterocycles. The van der Waals surface area contributed by atoms with Gasteiger partial charge in [0, 0.05) is 23.5 Å². The molecule has 0 amide bonds. The van der Waals surface area contributed by atoms with Crippen molar-refractivity contribution >= 4 is 11.3 Å². The van der Waals surface area contributed by atoms with Crippen LogP contribution in [-0.4, -0.2) is 24.9 Å². The molecule has 0 bridgehead atoms. The van der Waals surface area contributed by atoms with E-state index in [0.29, 0.717) is 17.6 Å². The van der Waals surface area contributed by atoms with Crippen molar-refractivity contribution in [2.24, 2.45) is 0 Å². The summed E-state index contributed by atoms with van der Waals surface area (Å²) in [5.74, 6) is 1.41. The smallest absolute Gasteiger partial charge is 0.278 e. The van der Waals surface area contributed by atoms with Gasteiger partial charge in [-0.15, -0.1) is 11.3 Å². The SMILES string of the molecule is CC(C)c1nc(-c2noc(-c3cc4n(n3)CCCC4)n2)cs1. The predicted molar refractivity (Wildman–Crippen MR) is 83.7 cm³/mol. The first-order valence-corrected chi connectivity index (χ1v) is 8.45. The van der Waals surface area contributed by atoms with Crippen LogP contribution in [0.25, 0.3) is 23.1 Å². The van der Waals surface area contributed by atoms with Gasteiger partial charge < -0.3 is 4.52 Å². The molecule has 22 heavy (non-hydrogen) atoms. The molecule has 0 atom stereocenters. The van der Waals surface area contributed by atoms with Gasteiger partial charge >= 0.3 is 0 Å². The molecule has 0 saturated heterocycles. The molecule has 6 nitrogen and oxygen atoms in total. The molecule has 0 fully saturated rings. The molecule has 0 spiro atoms. The maximum absolute atomic E-state index is 5.38. The summed E-state index contributed by atoms with van der Waals surface area (Å²) in [5, 5.41) is 11.7. The molecule has 114 valence electrons. The zero-order valence-electron chi connectivity index (χ0n) is 12.6. The van der Waals surface area contributed by atoms with Crippen molar-refractivity contribution in [2.45, 2.75) is 45.6 Å². The molecule has 3 aromatic heterocycles.